The molecule has 1 atom stereocenters. The molecule has 2 rings (SSSR count). The van der Waals surface area contributed by atoms with Crippen molar-refractivity contribution in [1.82, 2.24) is 25.5 Å². The van der Waals surface area contributed by atoms with E-state index in [-0.39, 0.29) is 12.6 Å². The van der Waals surface area contributed by atoms with Gasteiger partial charge in [0, 0.05) is 18.2 Å². The van der Waals surface area contributed by atoms with Crippen LogP contribution in [0.4, 0.5) is 0 Å². The average molecular weight is 223 g/mol. The summed E-state index contributed by atoms with van der Waals surface area (Å²) >= 11 is 0. The lowest BCUT2D eigenvalue weighted by Gasteiger charge is -2.31. The molecule has 86 valence electrons. The Bertz CT molecular complexity index is 400. The molecule has 16 heavy (non-hydrogen) atoms. The van der Waals surface area contributed by atoms with Crippen LogP contribution in [0.15, 0.2) is 6.08 Å². The average Bonchev–Trinajstić information content (AvgIpc) is 2.73. The number of aliphatic carboxylic acids is 1. The van der Waals surface area contributed by atoms with Crippen LogP contribution in [0.3, 0.4) is 0 Å². The van der Waals surface area contributed by atoms with E-state index in [4.69, 9.17) is 5.11 Å². The number of nitrogens with one attached hydrogen (secondary N) is 1. The smallest absolute Gasteiger partial charge is 0.317 e. The monoisotopic (exact) mass is 223 g/mol. The van der Waals surface area contributed by atoms with Crippen LogP contribution in [0.5, 0.6) is 0 Å². The van der Waals surface area contributed by atoms with Gasteiger partial charge in [-0.1, -0.05) is 6.08 Å². The zero-order valence-corrected chi connectivity index (χ0v) is 8.92. The molecule has 0 amide bonds. The fourth-order valence-electron chi connectivity index (χ4n) is 1.75. The van der Waals surface area contributed by atoms with Gasteiger partial charge in [0.15, 0.2) is 5.82 Å². The molecule has 2 heterocycles. The maximum atomic E-state index is 10.7. The van der Waals surface area contributed by atoms with Crippen molar-refractivity contribution in [3.63, 3.8) is 0 Å². The highest BCUT2D eigenvalue weighted by atomic mass is 16.4. The molecule has 0 aromatic carbocycles. The molecule has 1 unspecified atom stereocenters. The predicted molar refractivity (Wildman–Crippen MR) is 55.4 cm³/mol. The van der Waals surface area contributed by atoms with Gasteiger partial charge in [0.25, 0.3) is 0 Å². The molecular weight excluding hydrogens is 210 g/mol. The van der Waals surface area contributed by atoms with Crippen molar-refractivity contribution >= 4 is 11.5 Å². The Labute approximate surface area is 92.1 Å². The molecule has 1 aliphatic heterocycles. The molecule has 0 saturated carbocycles. The van der Waals surface area contributed by atoms with E-state index in [0.717, 1.165) is 12.0 Å². The van der Waals surface area contributed by atoms with Crippen LogP contribution in [0.25, 0.3) is 5.57 Å². The maximum absolute atomic E-state index is 10.7. The number of aromatic amines is 1. The molecule has 0 fully saturated rings. The number of H-pyrrole nitrogens is 1. The van der Waals surface area contributed by atoms with E-state index >= 15 is 0 Å². The number of nitrogens with zero attached hydrogens (tertiary/aromatic N) is 4. The highest BCUT2D eigenvalue weighted by molar-refractivity contribution is 5.70. The Morgan fingerprint density at radius 3 is 3.19 bits per heavy atom. The summed E-state index contributed by atoms with van der Waals surface area (Å²) in [7, 11) is 0. The second kappa shape index (κ2) is 4.40. The molecule has 0 spiro atoms. The lowest BCUT2D eigenvalue weighted by molar-refractivity contribution is -0.138. The normalized spacial score (nSPS) is 21.8. The molecule has 7 heteroatoms. The van der Waals surface area contributed by atoms with Gasteiger partial charge in [0.05, 0.1) is 6.54 Å². The number of rotatable bonds is 3. The fourth-order valence-corrected chi connectivity index (χ4v) is 1.75. The van der Waals surface area contributed by atoms with Crippen molar-refractivity contribution in [2.45, 2.75) is 19.4 Å². The summed E-state index contributed by atoms with van der Waals surface area (Å²) in [4.78, 5) is 12.6. The van der Waals surface area contributed by atoms with Crippen LogP contribution >= 0.6 is 0 Å². The highest BCUT2D eigenvalue weighted by Crippen LogP contribution is 2.20. The standard InChI is InChI=1S/C9H13N5O2/c1-6-2-3-7(9-10-12-13-11-9)4-14(6)5-8(15)16/h3,6H,2,4-5H2,1H3,(H,15,16)(H,10,11,12,13). The molecule has 0 aliphatic carbocycles. The summed E-state index contributed by atoms with van der Waals surface area (Å²) in [5.41, 5.74) is 0.948. The van der Waals surface area contributed by atoms with Crippen LogP contribution in [-0.4, -0.2) is 55.7 Å². The summed E-state index contributed by atoms with van der Waals surface area (Å²) in [5.74, 6) is -0.203. The molecule has 2 N–H and O–H groups in total. The summed E-state index contributed by atoms with van der Waals surface area (Å²) in [6, 6.07) is 0.232. The number of carboxylic acids is 1. The van der Waals surface area contributed by atoms with Gasteiger partial charge in [0.1, 0.15) is 0 Å². The Kier molecular flexibility index (Phi) is 2.95. The molecule has 0 bridgehead atoms. The summed E-state index contributed by atoms with van der Waals surface area (Å²) in [6.45, 7) is 2.61. The van der Waals surface area contributed by atoms with Gasteiger partial charge in [-0.15, -0.1) is 5.10 Å². The zero-order chi connectivity index (χ0) is 11.5. The first-order valence-electron chi connectivity index (χ1n) is 5.06. The lowest BCUT2D eigenvalue weighted by Crippen LogP contribution is -2.40. The van der Waals surface area contributed by atoms with E-state index in [1.54, 1.807) is 0 Å². The minimum atomic E-state index is -0.816. The van der Waals surface area contributed by atoms with Gasteiger partial charge in [-0.2, -0.15) is 0 Å². The van der Waals surface area contributed by atoms with Gasteiger partial charge in [0.2, 0.25) is 0 Å². The third-order valence-corrected chi connectivity index (χ3v) is 2.69. The maximum Gasteiger partial charge on any atom is 0.317 e. The largest absolute Gasteiger partial charge is 0.480 e. The Morgan fingerprint density at radius 2 is 2.56 bits per heavy atom. The van der Waals surface area contributed by atoms with E-state index in [1.165, 1.54) is 0 Å². The molecule has 1 aromatic rings. The first-order valence-corrected chi connectivity index (χ1v) is 5.06. The van der Waals surface area contributed by atoms with E-state index in [9.17, 15) is 4.79 Å². The fraction of sp³-hybridized carbons (Fsp3) is 0.556. The Balaban J connectivity index is 2.10. The van der Waals surface area contributed by atoms with Crippen LogP contribution in [-0.2, 0) is 4.79 Å². The molecule has 7 nitrogen and oxygen atoms in total. The first-order chi connectivity index (χ1) is 7.66. The van der Waals surface area contributed by atoms with Crippen molar-refractivity contribution < 1.29 is 9.90 Å². The zero-order valence-electron chi connectivity index (χ0n) is 8.92. The molecule has 0 radical (unpaired) electrons. The number of carbonyl (C=O) groups is 1. The van der Waals surface area contributed by atoms with E-state index < -0.39 is 5.97 Å². The number of aromatic nitrogens is 4. The van der Waals surface area contributed by atoms with Crippen LogP contribution in [0, 0.1) is 0 Å². The van der Waals surface area contributed by atoms with Crippen LogP contribution in [0.2, 0.25) is 0 Å². The van der Waals surface area contributed by atoms with Crippen molar-refractivity contribution in [3.8, 4) is 0 Å². The molecule has 1 aromatic heterocycles. The second-order valence-electron chi connectivity index (χ2n) is 3.86. The number of hydrogen-bond donors (Lipinski definition) is 2. The predicted octanol–water partition coefficient (Wildman–Crippen LogP) is -0.238. The third-order valence-electron chi connectivity index (χ3n) is 2.69. The minimum Gasteiger partial charge on any atom is -0.480 e. The highest BCUT2D eigenvalue weighted by Gasteiger charge is 2.23. The van der Waals surface area contributed by atoms with Crippen molar-refractivity contribution in [2.75, 3.05) is 13.1 Å². The summed E-state index contributed by atoms with van der Waals surface area (Å²) in [5, 5.41) is 22.3. The van der Waals surface area contributed by atoms with Gasteiger partial charge >= 0.3 is 5.97 Å². The number of tetrazole rings is 1. The van der Waals surface area contributed by atoms with E-state index in [2.05, 4.69) is 20.6 Å². The molecule has 1 aliphatic rings. The first kappa shape index (κ1) is 10.7. The van der Waals surface area contributed by atoms with Crippen LogP contribution in [0.1, 0.15) is 19.2 Å². The van der Waals surface area contributed by atoms with E-state index in [0.29, 0.717) is 12.4 Å². The van der Waals surface area contributed by atoms with E-state index in [1.807, 2.05) is 17.9 Å². The molecular formula is C9H13N5O2. The number of hydrogen-bond acceptors (Lipinski definition) is 5. The van der Waals surface area contributed by atoms with Crippen molar-refractivity contribution in [1.29, 1.82) is 0 Å². The van der Waals surface area contributed by atoms with Crippen LogP contribution < -0.4 is 0 Å². The lowest BCUT2D eigenvalue weighted by atomic mass is 10.0. The SMILES string of the molecule is CC1CC=C(c2nnn[nH]2)CN1CC(=O)O. The summed E-state index contributed by atoms with van der Waals surface area (Å²) < 4.78 is 0. The van der Waals surface area contributed by atoms with Crippen molar-refractivity contribution in [3.05, 3.63) is 11.9 Å². The Hall–Kier alpha value is -1.76. The Morgan fingerprint density at radius 1 is 1.75 bits per heavy atom. The summed E-state index contributed by atoms with van der Waals surface area (Å²) in [6.07, 6.45) is 2.86. The van der Waals surface area contributed by atoms with Gasteiger partial charge < -0.3 is 5.11 Å². The van der Waals surface area contributed by atoms with Gasteiger partial charge in [-0.05, 0) is 23.8 Å². The minimum absolute atomic E-state index is 0.0417. The topological polar surface area (TPSA) is 95.0 Å². The van der Waals surface area contributed by atoms with Crippen molar-refractivity contribution in [2.24, 2.45) is 0 Å². The molecule has 0 saturated heterocycles. The third kappa shape index (κ3) is 2.25. The van der Waals surface area contributed by atoms with Gasteiger partial charge in [-0.3, -0.25) is 9.69 Å². The quantitative estimate of drug-likeness (QED) is 0.734. The van der Waals surface area contributed by atoms with Gasteiger partial charge in [-0.25, -0.2) is 5.10 Å². The second-order valence-corrected chi connectivity index (χ2v) is 3.86. The number of carboxylic acid groups (broad SMARTS) is 1.